The van der Waals surface area contributed by atoms with E-state index in [0.29, 0.717) is 11.7 Å². The summed E-state index contributed by atoms with van der Waals surface area (Å²) in [6.45, 7) is 3.78. The number of aromatic nitrogens is 6. The highest BCUT2D eigenvalue weighted by Crippen LogP contribution is 2.23. The molecule has 2 atom stereocenters. The van der Waals surface area contributed by atoms with Crippen LogP contribution in [-0.2, 0) is 18.9 Å². The number of amides is 1. The maximum Gasteiger partial charge on any atom is 0.332 e. The third kappa shape index (κ3) is 3.60. The number of allylic oxidation sites excluding steroid dienone is 4. The molecule has 160 valence electrons. The Morgan fingerprint density at radius 3 is 2.65 bits per heavy atom. The second-order valence-electron chi connectivity index (χ2n) is 7.74. The third-order valence-corrected chi connectivity index (χ3v) is 5.45. The van der Waals surface area contributed by atoms with Gasteiger partial charge in [-0.15, -0.1) is 10.2 Å². The molecule has 0 spiro atoms. The Labute approximate surface area is 177 Å². The van der Waals surface area contributed by atoms with E-state index in [4.69, 9.17) is 0 Å². The number of anilines is 1. The molecule has 31 heavy (non-hydrogen) atoms. The lowest BCUT2D eigenvalue weighted by molar-refractivity contribution is -0.118. The van der Waals surface area contributed by atoms with Crippen LogP contribution < -0.4 is 16.6 Å². The smallest absolute Gasteiger partial charge is 0.312 e. The number of imidazole rings is 1. The summed E-state index contributed by atoms with van der Waals surface area (Å²) in [5, 5.41) is 11.0. The minimum absolute atomic E-state index is 0.179. The fourth-order valence-corrected chi connectivity index (χ4v) is 3.58. The van der Waals surface area contributed by atoms with Gasteiger partial charge in [-0.25, -0.2) is 9.78 Å². The second kappa shape index (κ2) is 7.78. The largest absolute Gasteiger partial charge is 0.332 e. The number of carbonyl (C=O) groups is 1. The van der Waals surface area contributed by atoms with Crippen LogP contribution in [0.2, 0.25) is 0 Å². The Hall–Kier alpha value is -3.82. The highest BCUT2D eigenvalue weighted by Gasteiger charge is 2.22. The van der Waals surface area contributed by atoms with Gasteiger partial charge in [0, 0.05) is 14.1 Å². The van der Waals surface area contributed by atoms with Crippen molar-refractivity contribution in [3.05, 3.63) is 63.2 Å². The molecule has 3 heterocycles. The Morgan fingerprint density at radius 1 is 1.19 bits per heavy atom. The lowest BCUT2D eigenvalue weighted by Gasteiger charge is -2.15. The van der Waals surface area contributed by atoms with E-state index in [1.807, 2.05) is 6.08 Å². The van der Waals surface area contributed by atoms with Crippen LogP contribution in [0.5, 0.6) is 0 Å². The molecule has 1 aliphatic rings. The van der Waals surface area contributed by atoms with Crippen LogP contribution in [0.1, 0.15) is 32.0 Å². The van der Waals surface area contributed by atoms with E-state index >= 15 is 0 Å². The summed E-state index contributed by atoms with van der Waals surface area (Å²) in [5.41, 5.74) is 1.15. The molecule has 2 unspecified atom stereocenters. The molecule has 4 rings (SSSR count). The Morgan fingerprint density at radius 2 is 1.97 bits per heavy atom. The molecule has 10 nitrogen and oxygen atoms in total. The number of aryl methyl sites for hydroxylation is 1. The molecular formula is C21H23N7O3. The molecule has 0 aromatic carbocycles. The van der Waals surface area contributed by atoms with E-state index in [1.165, 1.54) is 29.6 Å². The summed E-state index contributed by atoms with van der Waals surface area (Å²) in [5.74, 6) is 0.362. The average Bonchev–Trinajstić information content (AvgIpc) is 3.21. The maximum absolute atomic E-state index is 12.8. The minimum Gasteiger partial charge on any atom is -0.312 e. The van der Waals surface area contributed by atoms with Gasteiger partial charge in [0.25, 0.3) is 5.56 Å². The topological polar surface area (TPSA) is 117 Å². The molecule has 0 bridgehead atoms. The van der Waals surface area contributed by atoms with E-state index in [-0.39, 0.29) is 17.1 Å². The molecule has 0 saturated heterocycles. The van der Waals surface area contributed by atoms with E-state index in [9.17, 15) is 14.4 Å². The normalized spacial score (nSPS) is 16.9. The Bertz CT molecular complexity index is 1340. The quantitative estimate of drug-likeness (QED) is 0.681. The molecule has 0 radical (unpaired) electrons. The first-order valence-electron chi connectivity index (χ1n) is 9.93. The van der Waals surface area contributed by atoms with Gasteiger partial charge in [0.15, 0.2) is 17.0 Å². The molecule has 1 N–H and O–H groups in total. The van der Waals surface area contributed by atoms with Crippen molar-refractivity contribution in [2.75, 3.05) is 5.32 Å². The van der Waals surface area contributed by atoms with Crippen LogP contribution in [0, 0.1) is 5.92 Å². The van der Waals surface area contributed by atoms with Crippen LogP contribution in [0.15, 0.2) is 46.3 Å². The van der Waals surface area contributed by atoms with Gasteiger partial charge < -0.3 is 9.88 Å². The molecule has 1 amide bonds. The number of carbonyl (C=O) groups excluding carboxylic acids is 1. The lowest BCUT2D eigenvalue weighted by Crippen LogP contribution is -2.38. The fraction of sp³-hybridized carbons (Fsp3) is 0.333. The fourth-order valence-electron chi connectivity index (χ4n) is 3.58. The zero-order valence-electron chi connectivity index (χ0n) is 17.7. The number of hydrogen-bond acceptors (Lipinski definition) is 6. The summed E-state index contributed by atoms with van der Waals surface area (Å²) in [4.78, 5) is 41.7. The van der Waals surface area contributed by atoms with Gasteiger partial charge in [-0.05, 0) is 37.0 Å². The van der Waals surface area contributed by atoms with Crippen molar-refractivity contribution in [1.82, 2.24) is 28.9 Å². The number of nitrogens with one attached hydrogen (secondary N) is 1. The average molecular weight is 421 g/mol. The van der Waals surface area contributed by atoms with Gasteiger partial charge >= 0.3 is 5.69 Å². The molecule has 10 heteroatoms. The van der Waals surface area contributed by atoms with Gasteiger partial charge in [0.2, 0.25) is 5.91 Å². The van der Waals surface area contributed by atoms with Crippen LogP contribution in [-0.4, -0.2) is 34.8 Å². The molecule has 0 fully saturated rings. The van der Waals surface area contributed by atoms with Gasteiger partial charge in [0.05, 0.1) is 12.0 Å². The lowest BCUT2D eigenvalue weighted by atomic mass is 9.96. The minimum atomic E-state index is -0.762. The number of rotatable bonds is 4. The molecule has 3 aromatic rings. The van der Waals surface area contributed by atoms with Crippen LogP contribution in [0.25, 0.3) is 16.7 Å². The summed E-state index contributed by atoms with van der Waals surface area (Å²) in [6.07, 6.45) is 8.65. The highest BCUT2D eigenvalue weighted by molar-refractivity contribution is 5.93. The first-order chi connectivity index (χ1) is 14.8. The van der Waals surface area contributed by atoms with Crippen molar-refractivity contribution >= 4 is 28.5 Å². The van der Waals surface area contributed by atoms with Crippen LogP contribution >= 0.6 is 0 Å². The molecule has 3 aromatic heterocycles. The van der Waals surface area contributed by atoms with Crippen molar-refractivity contribution in [2.45, 2.75) is 26.3 Å². The zero-order chi connectivity index (χ0) is 22.3. The maximum atomic E-state index is 12.8. The zero-order valence-corrected chi connectivity index (χ0v) is 17.7. The SMILES string of the molecule is CC1C=C(c2ccc(NC(=O)C(C)n3cnc4c3c(=O)n(C)c(=O)n4C)nn2)C=CC1. The monoisotopic (exact) mass is 421 g/mol. The van der Waals surface area contributed by atoms with E-state index < -0.39 is 17.3 Å². The number of hydrogen-bond donors (Lipinski definition) is 1. The van der Waals surface area contributed by atoms with Crippen molar-refractivity contribution in [2.24, 2.45) is 20.0 Å². The summed E-state index contributed by atoms with van der Waals surface area (Å²) >= 11 is 0. The number of nitrogens with zero attached hydrogens (tertiary/aromatic N) is 6. The Balaban J connectivity index is 1.58. The van der Waals surface area contributed by atoms with Crippen molar-refractivity contribution in [1.29, 1.82) is 0 Å². The highest BCUT2D eigenvalue weighted by atomic mass is 16.2. The number of fused-ring (bicyclic) bond motifs is 1. The van der Waals surface area contributed by atoms with Gasteiger partial charge in [0.1, 0.15) is 6.04 Å². The molecule has 1 aliphatic carbocycles. The van der Waals surface area contributed by atoms with E-state index in [2.05, 4.69) is 39.6 Å². The van der Waals surface area contributed by atoms with E-state index in [0.717, 1.165) is 22.3 Å². The van der Waals surface area contributed by atoms with Gasteiger partial charge in [-0.3, -0.25) is 18.7 Å². The molecular weight excluding hydrogens is 398 g/mol. The molecule has 0 saturated carbocycles. The standard InChI is InChI=1S/C21H23N7O3/c1-12-6-5-7-14(10-12)15-8-9-16(25-24-15)23-19(29)13(2)28-11-22-18-17(28)20(30)27(4)21(31)26(18)3/h5,7-13H,6H2,1-4H3,(H,23,25,29). The first kappa shape index (κ1) is 20.5. The van der Waals surface area contributed by atoms with Gasteiger partial charge in [-0.2, -0.15) is 0 Å². The summed E-state index contributed by atoms with van der Waals surface area (Å²) in [6, 6.07) is 2.73. The van der Waals surface area contributed by atoms with Crippen molar-refractivity contribution in [3.63, 3.8) is 0 Å². The predicted molar refractivity (Wildman–Crippen MR) is 116 cm³/mol. The molecule has 0 aliphatic heterocycles. The summed E-state index contributed by atoms with van der Waals surface area (Å²) < 4.78 is 3.72. The second-order valence-corrected chi connectivity index (χ2v) is 7.74. The first-order valence-corrected chi connectivity index (χ1v) is 9.93. The third-order valence-electron chi connectivity index (χ3n) is 5.45. The van der Waals surface area contributed by atoms with Crippen molar-refractivity contribution in [3.8, 4) is 0 Å². The summed E-state index contributed by atoms with van der Waals surface area (Å²) in [7, 11) is 2.92. The van der Waals surface area contributed by atoms with Crippen molar-refractivity contribution < 1.29 is 4.79 Å². The van der Waals surface area contributed by atoms with Gasteiger partial charge in [-0.1, -0.05) is 25.2 Å². The van der Waals surface area contributed by atoms with Crippen LogP contribution in [0.3, 0.4) is 0 Å². The van der Waals surface area contributed by atoms with E-state index in [1.54, 1.807) is 19.1 Å². The Kier molecular flexibility index (Phi) is 5.14. The van der Waals surface area contributed by atoms with Crippen LogP contribution in [0.4, 0.5) is 5.82 Å². The predicted octanol–water partition coefficient (Wildman–Crippen LogP) is 1.40.